The van der Waals surface area contributed by atoms with E-state index in [9.17, 15) is 4.79 Å². The number of rotatable bonds is 4. The highest BCUT2D eigenvalue weighted by atomic mass is 16.1. The summed E-state index contributed by atoms with van der Waals surface area (Å²) in [7, 11) is 1.90. The molecule has 0 aliphatic heterocycles. The van der Waals surface area contributed by atoms with Crippen LogP contribution in [-0.4, -0.2) is 22.2 Å². The van der Waals surface area contributed by atoms with Gasteiger partial charge in [-0.3, -0.25) is 9.48 Å². The van der Waals surface area contributed by atoms with Crippen LogP contribution in [0.1, 0.15) is 19.5 Å². The average Bonchev–Trinajstić information content (AvgIpc) is 2.51. The monoisotopic (exact) mass is 195 g/mol. The van der Waals surface area contributed by atoms with Gasteiger partial charge < -0.3 is 5.32 Å². The molecule has 4 heteroatoms. The Morgan fingerprint density at radius 2 is 2.36 bits per heavy atom. The summed E-state index contributed by atoms with van der Waals surface area (Å²) in [5, 5.41) is 6.92. The number of carbonyl (C=O) groups excluding carboxylic acids is 1. The van der Waals surface area contributed by atoms with E-state index in [0.29, 0.717) is 6.54 Å². The number of aromatic nitrogens is 2. The number of nitrogens with one attached hydrogen (secondary N) is 1. The quantitative estimate of drug-likeness (QED) is 0.770. The molecule has 0 unspecified atom stereocenters. The molecule has 1 rings (SSSR count). The molecule has 1 aromatic heterocycles. The van der Waals surface area contributed by atoms with E-state index in [4.69, 9.17) is 0 Å². The van der Waals surface area contributed by atoms with Crippen LogP contribution < -0.4 is 5.32 Å². The minimum atomic E-state index is 0.0570. The highest BCUT2D eigenvalue weighted by Gasteiger charge is 2.05. The van der Waals surface area contributed by atoms with Gasteiger partial charge in [0.15, 0.2) is 0 Å². The SMILES string of the molecule is CC(C)C(=O)NCCc1ccnn1C. The maximum Gasteiger partial charge on any atom is 0.222 e. The third kappa shape index (κ3) is 2.87. The molecule has 0 saturated heterocycles. The van der Waals surface area contributed by atoms with E-state index in [1.807, 2.05) is 31.6 Å². The van der Waals surface area contributed by atoms with Crippen LogP contribution in [0.15, 0.2) is 12.3 Å². The predicted molar refractivity (Wildman–Crippen MR) is 54.8 cm³/mol. The van der Waals surface area contributed by atoms with Crippen LogP contribution in [0.4, 0.5) is 0 Å². The van der Waals surface area contributed by atoms with Crippen LogP contribution in [0.2, 0.25) is 0 Å². The number of hydrogen-bond acceptors (Lipinski definition) is 2. The van der Waals surface area contributed by atoms with Gasteiger partial charge in [-0.2, -0.15) is 5.10 Å². The molecule has 0 aliphatic rings. The molecule has 1 amide bonds. The summed E-state index contributed by atoms with van der Waals surface area (Å²) in [5.74, 6) is 0.161. The number of carbonyl (C=O) groups is 1. The van der Waals surface area contributed by atoms with Crippen LogP contribution in [-0.2, 0) is 18.3 Å². The molecule has 14 heavy (non-hydrogen) atoms. The number of hydrogen-bond donors (Lipinski definition) is 1. The van der Waals surface area contributed by atoms with Crippen LogP contribution in [0.25, 0.3) is 0 Å². The van der Waals surface area contributed by atoms with Crippen molar-refractivity contribution in [3.63, 3.8) is 0 Å². The molecule has 0 aliphatic carbocycles. The lowest BCUT2D eigenvalue weighted by atomic mass is 10.2. The molecule has 1 heterocycles. The Kier molecular flexibility index (Phi) is 3.68. The summed E-state index contributed by atoms with van der Waals surface area (Å²) >= 11 is 0. The molecule has 0 radical (unpaired) electrons. The van der Waals surface area contributed by atoms with Gasteiger partial charge in [0, 0.05) is 37.8 Å². The Bertz CT molecular complexity index is 304. The summed E-state index contributed by atoms with van der Waals surface area (Å²) in [6, 6.07) is 1.96. The summed E-state index contributed by atoms with van der Waals surface area (Å²) in [4.78, 5) is 11.2. The summed E-state index contributed by atoms with van der Waals surface area (Å²) < 4.78 is 1.82. The van der Waals surface area contributed by atoms with Crippen molar-refractivity contribution in [2.24, 2.45) is 13.0 Å². The Morgan fingerprint density at radius 3 is 2.86 bits per heavy atom. The van der Waals surface area contributed by atoms with Gasteiger partial charge in [0.2, 0.25) is 5.91 Å². The molecule has 0 bridgehead atoms. The van der Waals surface area contributed by atoms with E-state index in [0.717, 1.165) is 12.1 Å². The van der Waals surface area contributed by atoms with Crippen LogP contribution in [0.3, 0.4) is 0 Å². The molecule has 4 nitrogen and oxygen atoms in total. The van der Waals surface area contributed by atoms with E-state index >= 15 is 0 Å². The summed E-state index contributed by atoms with van der Waals surface area (Å²) in [5.41, 5.74) is 1.13. The molecule has 0 fully saturated rings. The fourth-order valence-corrected chi connectivity index (χ4v) is 1.16. The molecule has 0 aromatic carbocycles. The van der Waals surface area contributed by atoms with Gasteiger partial charge >= 0.3 is 0 Å². The predicted octanol–water partition coefficient (Wildman–Crippen LogP) is 0.735. The fraction of sp³-hybridized carbons (Fsp3) is 0.600. The summed E-state index contributed by atoms with van der Waals surface area (Å²) in [6.45, 7) is 4.45. The number of aryl methyl sites for hydroxylation is 1. The van der Waals surface area contributed by atoms with Crippen molar-refractivity contribution in [1.29, 1.82) is 0 Å². The second-order valence-corrected chi connectivity index (χ2v) is 3.64. The third-order valence-electron chi connectivity index (χ3n) is 2.13. The van der Waals surface area contributed by atoms with Gasteiger partial charge in [-0.15, -0.1) is 0 Å². The molecular formula is C10H17N3O. The van der Waals surface area contributed by atoms with E-state index in [2.05, 4.69) is 10.4 Å². The number of nitrogens with zero attached hydrogens (tertiary/aromatic N) is 2. The van der Waals surface area contributed by atoms with Crippen molar-refractivity contribution in [3.05, 3.63) is 18.0 Å². The second-order valence-electron chi connectivity index (χ2n) is 3.64. The first-order valence-electron chi connectivity index (χ1n) is 4.86. The Balaban J connectivity index is 2.29. The van der Waals surface area contributed by atoms with Crippen molar-refractivity contribution in [1.82, 2.24) is 15.1 Å². The first kappa shape index (κ1) is 10.8. The average molecular weight is 195 g/mol. The minimum absolute atomic E-state index is 0.0570. The first-order valence-corrected chi connectivity index (χ1v) is 4.86. The Labute approximate surface area is 84.3 Å². The third-order valence-corrected chi connectivity index (χ3v) is 2.13. The van der Waals surface area contributed by atoms with E-state index in [1.165, 1.54) is 0 Å². The van der Waals surface area contributed by atoms with Crippen molar-refractivity contribution >= 4 is 5.91 Å². The van der Waals surface area contributed by atoms with Crippen molar-refractivity contribution in [2.75, 3.05) is 6.54 Å². The minimum Gasteiger partial charge on any atom is -0.355 e. The van der Waals surface area contributed by atoms with Gasteiger partial charge in [0.1, 0.15) is 0 Å². The topological polar surface area (TPSA) is 46.9 Å². The second kappa shape index (κ2) is 4.79. The highest BCUT2D eigenvalue weighted by molar-refractivity contribution is 5.77. The van der Waals surface area contributed by atoms with E-state index in [-0.39, 0.29) is 11.8 Å². The molecular weight excluding hydrogens is 178 g/mol. The van der Waals surface area contributed by atoms with Gasteiger partial charge in [0.05, 0.1) is 0 Å². The van der Waals surface area contributed by atoms with Crippen molar-refractivity contribution in [2.45, 2.75) is 20.3 Å². The van der Waals surface area contributed by atoms with Crippen molar-refractivity contribution < 1.29 is 4.79 Å². The van der Waals surface area contributed by atoms with Gasteiger partial charge in [0.25, 0.3) is 0 Å². The standard InChI is InChI=1S/C10H17N3O/c1-8(2)10(14)11-6-4-9-5-7-12-13(9)3/h5,7-8H,4,6H2,1-3H3,(H,11,14). The largest absolute Gasteiger partial charge is 0.355 e. The fourth-order valence-electron chi connectivity index (χ4n) is 1.16. The van der Waals surface area contributed by atoms with Crippen LogP contribution >= 0.6 is 0 Å². The molecule has 1 N–H and O–H groups in total. The zero-order chi connectivity index (χ0) is 10.6. The zero-order valence-corrected chi connectivity index (χ0v) is 8.95. The molecule has 78 valence electrons. The molecule has 1 aromatic rings. The molecule has 0 saturated carbocycles. The maximum absolute atomic E-state index is 11.2. The smallest absolute Gasteiger partial charge is 0.222 e. The number of amides is 1. The van der Waals surface area contributed by atoms with Crippen LogP contribution in [0.5, 0.6) is 0 Å². The maximum atomic E-state index is 11.2. The normalized spacial score (nSPS) is 10.6. The lowest BCUT2D eigenvalue weighted by molar-refractivity contribution is -0.123. The van der Waals surface area contributed by atoms with Gasteiger partial charge in [-0.05, 0) is 6.07 Å². The van der Waals surface area contributed by atoms with Gasteiger partial charge in [-0.25, -0.2) is 0 Å². The lowest BCUT2D eigenvalue weighted by Crippen LogP contribution is -2.29. The van der Waals surface area contributed by atoms with E-state index in [1.54, 1.807) is 6.20 Å². The highest BCUT2D eigenvalue weighted by Crippen LogP contribution is 1.97. The van der Waals surface area contributed by atoms with Crippen LogP contribution in [0, 0.1) is 5.92 Å². The molecule has 0 atom stereocenters. The zero-order valence-electron chi connectivity index (χ0n) is 8.95. The Morgan fingerprint density at radius 1 is 1.64 bits per heavy atom. The van der Waals surface area contributed by atoms with Crippen molar-refractivity contribution in [3.8, 4) is 0 Å². The van der Waals surface area contributed by atoms with E-state index < -0.39 is 0 Å². The first-order chi connectivity index (χ1) is 6.61. The lowest BCUT2D eigenvalue weighted by Gasteiger charge is -2.07. The Hall–Kier alpha value is -1.32. The molecule has 0 spiro atoms. The van der Waals surface area contributed by atoms with Gasteiger partial charge in [-0.1, -0.05) is 13.8 Å². The summed E-state index contributed by atoms with van der Waals surface area (Å²) in [6.07, 6.45) is 2.59.